The molecule has 0 amide bonds. The molecule has 0 radical (unpaired) electrons. The zero-order valence-corrected chi connectivity index (χ0v) is 9.48. The van der Waals surface area contributed by atoms with Gasteiger partial charge in [0.25, 0.3) is 0 Å². The molecule has 0 spiro atoms. The predicted octanol–water partition coefficient (Wildman–Crippen LogP) is -0.466. The van der Waals surface area contributed by atoms with E-state index in [0.29, 0.717) is 18.5 Å². The zero-order chi connectivity index (χ0) is 11.4. The maximum Gasteiger partial charge on any atom is 0.205 e. The second kappa shape index (κ2) is 4.98. The van der Waals surface area contributed by atoms with Gasteiger partial charge in [0.1, 0.15) is 5.82 Å². The van der Waals surface area contributed by atoms with Crippen molar-refractivity contribution in [3.63, 3.8) is 0 Å². The summed E-state index contributed by atoms with van der Waals surface area (Å²) in [5.41, 5.74) is 2.58. The van der Waals surface area contributed by atoms with Gasteiger partial charge in [0.2, 0.25) is 5.96 Å². The molecular formula is C10H18N6. The fourth-order valence-corrected chi connectivity index (χ4v) is 1.46. The van der Waals surface area contributed by atoms with Crippen molar-refractivity contribution in [1.82, 2.24) is 20.3 Å². The van der Waals surface area contributed by atoms with Gasteiger partial charge in [0, 0.05) is 38.4 Å². The highest BCUT2D eigenvalue weighted by atomic mass is 15.3. The minimum absolute atomic E-state index is 0.558. The van der Waals surface area contributed by atoms with Crippen LogP contribution in [-0.4, -0.2) is 28.1 Å². The van der Waals surface area contributed by atoms with E-state index < -0.39 is 0 Å². The summed E-state index contributed by atoms with van der Waals surface area (Å²) in [6.07, 6.45) is 6.97. The first-order valence-corrected chi connectivity index (χ1v) is 5.53. The summed E-state index contributed by atoms with van der Waals surface area (Å²) < 4.78 is 2.00. The highest BCUT2D eigenvalue weighted by Gasteiger charge is 2.21. The fraction of sp³-hybridized carbons (Fsp3) is 0.600. The number of nitrogens with one attached hydrogen (secondary N) is 2. The average Bonchev–Trinajstić information content (AvgIpc) is 3.01. The monoisotopic (exact) mass is 222 g/mol. The lowest BCUT2D eigenvalue weighted by molar-refractivity contribution is 0.763. The lowest BCUT2D eigenvalue weighted by Crippen LogP contribution is -2.42. The third-order valence-electron chi connectivity index (χ3n) is 2.58. The Bertz CT molecular complexity index is 365. The molecule has 1 aromatic heterocycles. The number of aliphatic imine (C=N–C) groups is 1. The SMILES string of the molecule is Cn1ccnc1CCN=C(NN)NC1CC1. The van der Waals surface area contributed by atoms with Gasteiger partial charge in [-0.2, -0.15) is 0 Å². The Morgan fingerprint density at radius 1 is 1.69 bits per heavy atom. The van der Waals surface area contributed by atoms with E-state index in [9.17, 15) is 0 Å². The third-order valence-corrected chi connectivity index (χ3v) is 2.58. The van der Waals surface area contributed by atoms with Crippen molar-refractivity contribution in [1.29, 1.82) is 0 Å². The highest BCUT2D eigenvalue weighted by Crippen LogP contribution is 2.18. The normalized spacial score (nSPS) is 16.2. The Kier molecular flexibility index (Phi) is 3.40. The van der Waals surface area contributed by atoms with E-state index in [1.165, 1.54) is 12.8 Å². The molecule has 4 N–H and O–H groups in total. The summed E-state index contributed by atoms with van der Waals surface area (Å²) in [5.74, 6) is 7.09. The van der Waals surface area contributed by atoms with Crippen LogP contribution in [0.25, 0.3) is 0 Å². The smallest absolute Gasteiger partial charge is 0.205 e. The van der Waals surface area contributed by atoms with Crippen molar-refractivity contribution >= 4 is 5.96 Å². The van der Waals surface area contributed by atoms with Crippen LogP contribution >= 0.6 is 0 Å². The van der Waals surface area contributed by atoms with E-state index in [0.717, 1.165) is 12.2 Å². The molecule has 6 nitrogen and oxygen atoms in total. The van der Waals surface area contributed by atoms with Crippen molar-refractivity contribution in [2.75, 3.05) is 6.54 Å². The topological polar surface area (TPSA) is 80.3 Å². The number of hydrogen-bond acceptors (Lipinski definition) is 3. The van der Waals surface area contributed by atoms with E-state index in [-0.39, 0.29) is 0 Å². The number of aryl methyl sites for hydroxylation is 1. The maximum atomic E-state index is 5.37. The van der Waals surface area contributed by atoms with E-state index in [2.05, 4.69) is 20.7 Å². The van der Waals surface area contributed by atoms with Gasteiger partial charge in [-0.15, -0.1) is 0 Å². The van der Waals surface area contributed by atoms with Crippen LogP contribution in [0.5, 0.6) is 0 Å². The maximum absolute atomic E-state index is 5.37. The van der Waals surface area contributed by atoms with E-state index in [1.807, 2.05) is 17.8 Å². The molecule has 0 saturated heterocycles. The minimum Gasteiger partial charge on any atom is -0.353 e. The lowest BCUT2D eigenvalue weighted by Gasteiger charge is -2.07. The number of nitrogens with two attached hydrogens (primary N) is 1. The summed E-state index contributed by atoms with van der Waals surface area (Å²) in [4.78, 5) is 8.59. The van der Waals surface area contributed by atoms with Crippen LogP contribution in [0.15, 0.2) is 17.4 Å². The quantitative estimate of drug-likeness (QED) is 0.278. The summed E-state index contributed by atoms with van der Waals surface area (Å²) in [5, 5.41) is 3.22. The summed E-state index contributed by atoms with van der Waals surface area (Å²) >= 11 is 0. The van der Waals surface area contributed by atoms with Gasteiger partial charge in [0.15, 0.2) is 0 Å². The molecule has 0 aromatic carbocycles. The molecule has 6 heteroatoms. The van der Waals surface area contributed by atoms with Gasteiger partial charge < -0.3 is 9.88 Å². The highest BCUT2D eigenvalue weighted by molar-refractivity contribution is 5.79. The molecule has 1 aliphatic rings. The minimum atomic E-state index is 0.558. The van der Waals surface area contributed by atoms with Crippen LogP contribution in [0.3, 0.4) is 0 Å². The van der Waals surface area contributed by atoms with Gasteiger partial charge in [-0.05, 0) is 12.8 Å². The standard InChI is InChI=1S/C10H18N6/c1-16-7-6-12-9(16)4-5-13-10(15-11)14-8-2-3-8/h6-8H,2-5,11H2,1H3,(H2,13,14,15). The lowest BCUT2D eigenvalue weighted by atomic mass is 10.4. The van der Waals surface area contributed by atoms with E-state index in [1.54, 1.807) is 6.20 Å². The van der Waals surface area contributed by atoms with Gasteiger partial charge in [-0.25, -0.2) is 10.8 Å². The molecule has 1 heterocycles. The molecule has 16 heavy (non-hydrogen) atoms. The first-order valence-electron chi connectivity index (χ1n) is 5.53. The van der Waals surface area contributed by atoms with Gasteiger partial charge in [0.05, 0.1) is 0 Å². The number of aromatic nitrogens is 2. The van der Waals surface area contributed by atoms with Crippen molar-refractivity contribution in [3.05, 3.63) is 18.2 Å². The average molecular weight is 222 g/mol. The second-order valence-corrected chi connectivity index (χ2v) is 4.00. The predicted molar refractivity (Wildman–Crippen MR) is 62.7 cm³/mol. The number of imidazole rings is 1. The van der Waals surface area contributed by atoms with E-state index in [4.69, 9.17) is 5.84 Å². The number of hydrazine groups is 1. The number of rotatable bonds is 4. The van der Waals surface area contributed by atoms with Crippen LogP contribution in [0.1, 0.15) is 18.7 Å². The Labute approximate surface area is 94.9 Å². The van der Waals surface area contributed by atoms with Crippen LogP contribution in [0.4, 0.5) is 0 Å². The fourth-order valence-electron chi connectivity index (χ4n) is 1.46. The number of guanidine groups is 1. The Morgan fingerprint density at radius 2 is 2.50 bits per heavy atom. The molecule has 88 valence electrons. The van der Waals surface area contributed by atoms with Gasteiger partial charge in [-0.1, -0.05) is 0 Å². The first-order chi connectivity index (χ1) is 7.79. The third kappa shape index (κ3) is 2.96. The van der Waals surface area contributed by atoms with Gasteiger partial charge in [-0.3, -0.25) is 10.4 Å². The van der Waals surface area contributed by atoms with Crippen molar-refractivity contribution in [2.45, 2.75) is 25.3 Å². The van der Waals surface area contributed by atoms with Crippen molar-refractivity contribution < 1.29 is 0 Å². The molecule has 2 rings (SSSR count). The van der Waals surface area contributed by atoms with E-state index >= 15 is 0 Å². The van der Waals surface area contributed by atoms with Crippen LogP contribution in [0, 0.1) is 0 Å². The van der Waals surface area contributed by atoms with Crippen LogP contribution in [0.2, 0.25) is 0 Å². The Hall–Kier alpha value is -1.56. The largest absolute Gasteiger partial charge is 0.353 e. The first kappa shape index (κ1) is 10.9. The van der Waals surface area contributed by atoms with Crippen molar-refractivity contribution in [3.8, 4) is 0 Å². The molecule has 1 fully saturated rings. The molecule has 1 saturated carbocycles. The number of nitrogens with zero attached hydrogens (tertiary/aromatic N) is 3. The van der Waals surface area contributed by atoms with Gasteiger partial charge >= 0.3 is 0 Å². The Morgan fingerprint density at radius 3 is 3.06 bits per heavy atom. The molecule has 0 bridgehead atoms. The molecule has 0 unspecified atom stereocenters. The zero-order valence-electron chi connectivity index (χ0n) is 9.48. The molecule has 1 aromatic rings. The molecular weight excluding hydrogens is 204 g/mol. The second-order valence-electron chi connectivity index (χ2n) is 4.00. The molecule has 1 aliphatic carbocycles. The van der Waals surface area contributed by atoms with Crippen LogP contribution < -0.4 is 16.6 Å². The van der Waals surface area contributed by atoms with Crippen LogP contribution in [-0.2, 0) is 13.5 Å². The molecule has 0 atom stereocenters. The summed E-state index contributed by atoms with van der Waals surface area (Å²) in [7, 11) is 1.98. The summed E-state index contributed by atoms with van der Waals surface area (Å²) in [6, 6.07) is 0.558. The Balaban J connectivity index is 1.80. The van der Waals surface area contributed by atoms with Crippen molar-refractivity contribution in [2.24, 2.45) is 17.9 Å². The molecule has 0 aliphatic heterocycles. The number of hydrogen-bond donors (Lipinski definition) is 3. The summed E-state index contributed by atoms with van der Waals surface area (Å²) in [6.45, 7) is 0.685.